The monoisotopic (exact) mass is 281 g/mol. The van der Waals surface area contributed by atoms with Gasteiger partial charge in [0.1, 0.15) is 0 Å². The molecule has 2 aromatic heterocycles. The zero-order valence-corrected chi connectivity index (χ0v) is 11.8. The molecular weight excluding hydrogens is 266 g/mol. The summed E-state index contributed by atoms with van der Waals surface area (Å²) >= 11 is 0. The van der Waals surface area contributed by atoms with Crippen molar-refractivity contribution in [3.63, 3.8) is 0 Å². The highest BCUT2D eigenvalue weighted by Crippen LogP contribution is 2.22. The number of carboxylic acids is 1. The Bertz CT molecular complexity index is 821. The Hall–Kier alpha value is -2.69. The average Bonchev–Trinajstić information content (AvgIpc) is 2.94. The van der Waals surface area contributed by atoms with Gasteiger partial charge < -0.3 is 5.11 Å². The molecular formula is C16H15N3O2. The second-order valence-corrected chi connectivity index (χ2v) is 5.21. The summed E-state index contributed by atoms with van der Waals surface area (Å²) in [5.74, 6) is -0.250. The van der Waals surface area contributed by atoms with E-state index in [9.17, 15) is 9.90 Å². The zero-order chi connectivity index (χ0) is 15.0. The van der Waals surface area contributed by atoms with Gasteiger partial charge >= 0.3 is 5.97 Å². The van der Waals surface area contributed by atoms with Crippen molar-refractivity contribution in [1.29, 1.82) is 0 Å². The summed E-state index contributed by atoms with van der Waals surface area (Å²) in [5.41, 5.74) is 2.49. The summed E-state index contributed by atoms with van der Waals surface area (Å²) in [4.78, 5) is 15.6. The Balaban J connectivity index is 2.20. The summed E-state index contributed by atoms with van der Waals surface area (Å²) in [6.07, 6.45) is 1.72. The Kier molecular flexibility index (Phi) is 3.17. The van der Waals surface area contributed by atoms with Crippen LogP contribution in [0.5, 0.6) is 0 Å². The van der Waals surface area contributed by atoms with Gasteiger partial charge in [-0.05, 0) is 29.7 Å². The zero-order valence-electron chi connectivity index (χ0n) is 11.8. The van der Waals surface area contributed by atoms with E-state index >= 15 is 0 Å². The SMILES string of the molecule is CC(C)c1cccc(-c2nc(C(=O)O)c3cccn3n2)c1. The molecule has 106 valence electrons. The number of carbonyl (C=O) groups is 1. The van der Waals surface area contributed by atoms with Gasteiger partial charge in [-0.1, -0.05) is 32.0 Å². The van der Waals surface area contributed by atoms with Gasteiger partial charge in [-0.25, -0.2) is 14.3 Å². The first-order valence-corrected chi connectivity index (χ1v) is 6.75. The van der Waals surface area contributed by atoms with Crippen molar-refractivity contribution < 1.29 is 9.90 Å². The van der Waals surface area contributed by atoms with E-state index in [1.807, 2.05) is 24.3 Å². The van der Waals surface area contributed by atoms with Crippen LogP contribution in [0, 0.1) is 0 Å². The fourth-order valence-corrected chi connectivity index (χ4v) is 2.25. The van der Waals surface area contributed by atoms with Crippen LogP contribution >= 0.6 is 0 Å². The maximum atomic E-state index is 11.4. The molecule has 0 fully saturated rings. The molecule has 0 bridgehead atoms. The van der Waals surface area contributed by atoms with Crippen LogP contribution in [-0.4, -0.2) is 25.7 Å². The molecule has 1 aromatic carbocycles. The Labute approximate surface area is 121 Å². The lowest BCUT2D eigenvalue weighted by Gasteiger charge is -2.08. The smallest absolute Gasteiger partial charge is 0.356 e. The van der Waals surface area contributed by atoms with Crippen molar-refractivity contribution in [2.45, 2.75) is 19.8 Å². The largest absolute Gasteiger partial charge is 0.476 e. The third-order valence-corrected chi connectivity index (χ3v) is 3.41. The summed E-state index contributed by atoms with van der Waals surface area (Å²) in [7, 11) is 0. The van der Waals surface area contributed by atoms with Gasteiger partial charge in [0, 0.05) is 11.8 Å². The fraction of sp³-hybridized carbons (Fsp3) is 0.188. The highest BCUT2D eigenvalue weighted by atomic mass is 16.4. The van der Waals surface area contributed by atoms with Crippen molar-refractivity contribution in [3.8, 4) is 11.4 Å². The topological polar surface area (TPSA) is 67.5 Å². The maximum absolute atomic E-state index is 11.4. The van der Waals surface area contributed by atoms with E-state index in [1.54, 1.807) is 22.8 Å². The number of benzene rings is 1. The molecule has 0 saturated carbocycles. The van der Waals surface area contributed by atoms with Crippen LogP contribution in [-0.2, 0) is 0 Å². The normalized spacial score (nSPS) is 11.2. The summed E-state index contributed by atoms with van der Waals surface area (Å²) < 4.78 is 1.55. The molecule has 0 aliphatic heterocycles. The first-order valence-electron chi connectivity index (χ1n) is 6.75. The minimum absolute atomic E-state index is 0.0138. The lowest BCUT2D eigenvalue weighted by atomic mass is 10.0. The first-order chi connectivity index (χ1) is 10.1. The van der Waals surface area contributed by atoms with E-state index in [-0.39, 0.29) is 5.69 Å². The molecule has 0 aliphatic carbocycles. The lowest BCUT2D eigenvalue weighted by molar-refractivity contribution is 0.0692. The van der Waals surface area contributed by atoms with Crippen molar-refractivity contribution in [2.24, 2.45) is 0 Å². The van der Waals surface area contributed by atoms with Gasteiger partial charge in [0.2, 0.25) is 0 Å². The number of nitrogens with zero attached hydrogens (tertiary/aromatic N) is 3. The second-order valence-electron chi connectivity index (χ2n) is 5.21. The molecule has 0 spiro atoms. The summed E-state index contributed by atoms with van der Waals surface area (Å²) in [6.45, 7) is 4.22. The number of aromatic carboxylic acids is 1. The number of rotatable bonds is 3. The van der Waals surface area contributed by atoms with Crippen molar-refractivity contribution in [3.05, 3.63) is 53.9 Å². The van der Waals surface area contributed by atoms with Gasteiger partial charge in [0.05, 0.1) is 5.52 Å². The maximum Gasteiger partial charge on any atom is 0.356 e. The molecule has 1 N–H and O–H groups in total. The number of aromatic nitrogens is 3. The van der Waals surface area contributed by atoms with Gasteiger partial charge in [-0.3, -0.25) is 0 Å². The van der Waals surface area contributed by atoms with Crippen LogP contribution in [0.4, 0.5) is 0 Å². The van der Waals surface area contributed by atoms with Crippen LogP contribution in [0.1, 0.15) is 35.8 Å². The van der Waals surface area contributed by atoms with Crippen LogP contribution in [0.15, 0.2) is 42.6 Å². The van der Waals surface area contributed by atoms with Gasteiger partial charge in [-0.15, -0.1) is 5.10 Å². The van der Waals surface area contributed by atoms with E-state index in [1.165, 1.54) is 5.56 Å². The highest BCUT2D eigenvalue weighted by Gasteiger charge is 2.15. The molecule has 0 saturated heterocycles. The average molecular weight is 281 g/mol. The number of fused-ring (bicyclic) bond motifs is 1. The van der Waals surface area contributed by atoms with E-state index in [4.69, 9.17) is 0 Å². The lowest BCUT2D eigenvalue weighted by Crippen LogP contribution is -2.08. The third kappa shape index (κ3) is 2.38. The molecule has 3 rings (SSSR count). The third-order valence-electron chi connectivity index (χ3n) is 3.41. The van der Waals surface area contributed by atoms with Gasteiger partial charge in [0.15, 0.2) is 11.5 Å². The summed E-state index contributed by atoms with van der Waals surface area (Å²) in [5, 5.41) is 13.7. The molecule has 0 aliphatic rings. The molecule has 5 heteroatoms. The number of hydrogen-bond donors (Lipinski definition) is 1. The molecule has 3 aromatic rings. The Morgan fingerprint density at radius 3 is 2.76 bits per heavy atom. The van der Waals surface area contributed by atoms with Crippen LogP contribution < -0.4 is 0 Å². The van der Waals surface area contributed by atoms with Gasteiger partial charge in [-0.2, -0.15) is 0 Å². The predicted molar refractivity (Wildman–Crippen MR) is 79.5 cm³/mol. The van der Waals surface area contributed by atoms with E-state index < -0.39 is 5.97 Å². The molecule has 0 amide bonds. The van der Waals surface area contributed by atoms with Crippen molar-refractivity contribution >= 4 is 11.5 Å². The van der Waals surface area contributed by atoms with Crippen LogP contribution in [0.2, 0.25) is 0 Å². The standard InChI is InChI=1S/C16H15N3O2/c1-10(2)11-5-3-6-12(9-11)15-17-14(16(20)21)13-7-4-8-19(13)18-15/h3-10H,1-2H3,(H,20,21). The summed E-state index contributed by atoms with van der Waals surface area (Å²) in [6, 6.07) is 11.3. The number of hydrogen-bond acceptors (Lipinski definition) is 3. The molecule has 0 atom stereocenters. The Morgan fingerprint density at radius 2 is 2.05 bits per heavy atom. The second kappa shape index (κ2) is 5.01. The molecule has 21 heavy (non-hydrogen) atoms. The molecule has 0 unspecified atom stereocenters. The Morgan fingerprint density at radius 1 is 1.24 bits per heavy atom. The first kappa shape index (κ1) is 13.3. The van der Waals surface area contributed by atoms with Crippen LogP contribution in [0.3, 0.4) is 0 Å². The number of carboxylic acid groups (broad SMARTS) is 1. The molecule has 5 nitrogen and oxygen atoms in total. The predicted octanol–water partition coefficient (Wildman–Crippen LogP) is 3.22. The fourth-order valence-electron chi connectivity index (χ4n) is 2.25. The minimum atomic E-state index is -1.05. The molecule has 2 heterocycles. The molecule has 0 radical (unpaired) electrons. The highest BCUT2D eigenvalue weighted by molar-refractivity contribution is 5.93. The van der Waals surface area contributed by atoms with E-state index in [0.717, 1.165) is 5.56 Å². The van der Waals surface area contributed by atoms with E-state index in [2.05, 4.69) is 23.9 Å². The van der Waals surface area contributed by atoms with Crippen molar-refractivity contribution in [1.82, 2.24) is 14.6 Å². The van der Waals surface area contributed by atoms with Gasteiger partial charge in [0.25, 0.3) is 0 Å². The minimum Gasteiger partial charge on any atom is -0.476 e. The van der Waals surface area contributed by atoms with Crippen molar-refractivity contribution in [2.75, 3.05) is 0 Å². The van der Waals surface area contributed by atoms with E-state index in [0.29, 0.717) is 17.3 Å². The quantitative estimate of drug-likeness (QED) is 0.800. The van der Waals surface area contributed by atoms with Crippen LogP contribution in [0.25, 0.3) is 16.9 Å².